The normalized spacial score (nSPS) is 10.4. The maximum absolute atomic E-state index is 12.4. The highest BCUT2D eigenvalue weighted by molar-refractivity contribution is 7.80. The summed E-state index contributed by atoms with van der Waals surface area (Å²) in [6.07, 6.45) is 0. The number of rotatable bonds is 5. The van der Waals surface area contributed by atoms with Crippen molar-refractivity contribution in [3.05, 3.63) is 71.3 Å². The van der Waals surface area contributed by atoms with Crippen LogP contribution in [-0.4, -0.2) is 17.7 Å². The van der Waals surface area contributed by atoms with Crippen molar-refractivity contribution in [2.24, 2.45) is 0 Å². The average Bonchev–Trinajstić information content (AvgIpc) is 3.09. The quantitative estimate of drug-likeness (QED) is 0.398. The van der Waals surface area contributed by atoms with Gasteiger partial charge in [0.1, 0.15) is 5.00 Å². The molecule has 0 aliphatic carbocycles. The molecule has 0 spiro atoms. The van der Waals surface area contributed by atoms with Gasteiger partial charge in [0.15, 0.2) is 5.11 Å². The first-order valence-electron chi connectivity index (χ1n) is 8.99. The fraction of sp³-hybridized carbons (Fsp3) is 0.182. The zero-order valence-electron chi connectivity index (χ0n) is 16.0. The van der Waals surface area contributed by atoms with Gasteiger partial charge in [0.25, 0.3) is 0 Å². The molecule has 0 unspecified atom stereocenters. The van der Waals surface area contributed by atoms with E-state index in [1.807, 2.05) is 54.6 Å². The number of anilines is 2. The van der Waals surface area contributed by atoms with Crippen LogP contribution in [0.15, 0.2) is 54.6 Å². The first-order valence-corrected chi connectivity index (χ1v) is 10.2. The Kier molecular flexibility index (Phi) is 6.44. The predicted octanol–water partition coefficient (Wildman–Crippen LogP) is 6.02. The lowest BCUT2D eigenvalue weighted by molar-refractivity contribution is 0.0528. The molecule has 4 nitrogen and oxygen atoms in total. The monoisotopic (exact) mass is 410 g/mol. The van der Waals surface area contributed by atoms with Crippen molar-refractivity contribution in [2.75, 3.05) is 17.2 Å². The van der Waals surface area contributed by atoms with Crippen molar-refractivity contribution in [3.63, 3.8) is 0 Å². The molecule has 3 rings (SSSR count). The van der Waals surface area contributed by atoms with Crippen LogP contribution in [0.1, 0.15) is 28.4 Å². The minimum atomic E-state index is -0.364. The van der Waals surface area contributed by atoms with Crippen LogP contribution in [0.5, 0.6) is 0 Å². The van der Waals surface area contributed by atoms with E-state index in [4.69, 9.17) is 17.0 Å². The topological polar surface area (TPSA) is 50.4 Å². The lowest BCUT2D eigenvalue weighted by Gasteiger charge is -2.12. The molecule has 1 heterocycles. The second-order valence-electron chi connectivity index (χ2n) is 6.32. The van der Waals surface area contributed by atoms with E-state index in [-0.39, 0.29) is 5.97 Å². The van der Waals surface area contributed by atoms with Crippen molar-refractivity contribution in [3.8, 4) is 10.4 Å². The Morgan fingerprint density at radius 1 is 1.04 bits per heavy atom. The van der Waals surface area contributed by atoms with E-state index in [9.17, 15) is 4.79 Å². The van der Waals surface area contributed by atoms with E-state index in [1.165, 1.54) is 22.5 Å². The van der Waals surface area contributed by atoms with Gasteiger partial charge in [-0.15, -0.1) is 11.3 Å². The fourth-order valence-corrected chi connectivity index (χ4v) is 4.01. The number of carbonyl (C=O) groups excluding carboxylic acids is 1. The summed E-state index contributed by atoms with van der Waals surface area (Å²) in [5.74, 6) is -0.364. The van der Waals surface area contributed by atoms with Gasteiger partial charge in [-0.2, -0.15) is 0 Å². The third kappa shape index (κ3) is 4.77. The molecule has 0 saturated carbocycles. The number of hydrogen-bond donors (Lipinski definition) is 2. The molecule has 2 aromatic carbocycles. The molecule has 0 saturated heterocycles. The van der Waals surface area contributed by atoms with Crippen LogP contribution in [-0.2, 0) is 4.74 Å². The Balaban J connectivity index is 1.84. The highest BCUT2D eigenvalue weighted by atomic mass is 32.1. The molecule has 3 aromatic rings. The predicted molar refractivity (Wildman–Crippen MR) is 121 cm³/mol. The van der Waals surface area contributed by atoms with Crippen molar-refractivity contribution < 1.29 is 9.53 Å². The molecular weight excluding hydrogens is 388 g/mol. The van der Waals surface area contributed by atoms with Crippen molar-refractivity contribution in [1.29, 1.82) is 0 Å². The third-order valence-electron chi connectivity index (χ3n) is 4.28. The SMILES string of the molecule is CCOC(=O)c1cc(-c2ccccc2)sc1NC(=S)Nc1ccc(C)c(C)c1. The average molecular weight is 411 g/mol. The number of benzene rings is 2. The number of ether oxygens (including phenoxy) is 1. The highest BCUT2D eigenvalue weighted by Crippen LogP contribution is 2.36. The molecule has 28 heavy (non-hydrogen) atoms. The minimum Gasteiger partial charge on any atom is -0.462 e. The summed E-state index contributed by atoms with van der Waals surface area (Å²) >= 11 is 6.94. The van der Waals surface area contributed by atoms with Crippen LogP contribution in [0.4, 0.5) is 10.7 Å². The number of aryl methyl sites for hydroxylation is 2. The summed E-state index contributed by atoms with van der Waals surface area (Å²) in [4.78, 5) is 13.4. The number of carbonyl (C=O) groups is 1. The summed E-state index contributed by atoms with van der Waals surface area (Å²) in [6, 6.07) is 17.8. The Morgan fingerprint density at radius 2 is 1.79 bits per heavy atom. The Morgan fingerprint density at radius 3 is 2.46 bits per heavy atom. The van der Waals surface area contributed by atoms with Crippen LogP contribution in [0.3, 0.4) is 0 Å². The smallest absolute Gasteiger partial charge is 0.341 e. The van der Waals surface area contributed by atoms with E-state index < -0.39 is 0 Å². The molecule has 6 heteroatoms. The van der Waals surface area contributed by atoms with Crippen LogP contribution in [0, 0.1) is 13.8 Å². The summed E-state index contributed by atoms with van der Waals surface area (Å²) in [6.45, 7) is 6.24. The maximum atomic E-state index is 12.4. The zero-order chi connectivity index (χ0) is 20.1. The fourth-order valence-electron chi connectivity index (χ4n) is 2.67. The molecule has 0 aliphatic rings. The van der Waals surface area contributed by atoms with Gasteiger partial charge < -0.3 is 15.4 Å². The Bertz CT molecular complexity index is 997. The van der Waals surface area contributed by atoms with E-state index in [0.717, 1.165) is 16.1 Å². The maximum Gasteiger partial charge on any atom is 0.341 e. The van der Waals surface area contributed by atoms with E-state index in [0.29, 0.717) is 22.3 Å². The number of hydrogen-bond acceptors (Lipinski definition) is 4. The zero-order valence-corrected chi connectivity index (χ0v) is 17.7. The summed E-state index contributed by atoms with van der Waals surface area (Å²) in [5.41, 5.74) is 4.83. The number of nitrogens with one attached hydrogen (secondary N) is 2. The van der Waals surface area contributed by atoms with Crippen LogP contribution in [0.25, 0.3) is 10.4 Å². The molecule has 0 amide bonds. The molecule has 1 aromatic heterocycles. The first-order chi connectivity index (χ1) is 13.5. The van der Waals surface area contributed by atoms with Crippen molar-refractivity contribution >= 4 is 45.3 Å². The van der Waals surface area contributed by atoms with E-state index >= 15 is 0 Å². The molecule has 144 valence electrons. The standard InChI is InChI=1S/C22H22N2O2S2/c1-4-26-21(25)18-13-19(16-8-6-5-7-9-16)28-20(18)24-22(27)23-17-11-10-14(2)15(3)12-17/h5-13H,4H2,1-3H3,(H2,23,24,27). The van der Waals surface area contributed by atoms with Gasteiger partial charge in [-0.05, 0) is 67.9 Å². The van der Waals surface area contributed by atoms with Crippen LogP contribution in [0.2, 0.25) is 0 Å². The van der Waals surface area contributed by atoms with Gasteiger partial charge in [0.2, 0.25) is 0 Å². The van der Waals surface area contributed by atoms with Gasteiger partial charge in [0.05, 0.1) is 12.2 Å². The van der Waals surface area contributed by atoms with Crippen molar-refractivity contribution in [1.82, 2.24) is 0 Å². The lowest BCUT2D eigenvalue weighted by atomic mass is 10.1. The molecule has 0 atom stereocenters. The largest absolute Gasteiger partial charge is 0.462 e. The van der Waals surface area contributed by atoms with Crippen molar-refractivity contribution in [2.45, 2.75) is 20.8 Å². The molecule has 2 N–H and O–H groups in total. The molecule has 0 radical (unpaired) electrons. The van der Waals surface area contributed by atoms with Gasteiger partial charge in [-0.3, -0.25) is 0 Å². The van der Waals surface area contributed by atoms with Gasteiger partial charge >= 0.3 is 5.97 Å². The number of thiocarbonyl (C=S) groups is 1. The van der Waals surface area contributed by atoms with Gasteiger partial charge in [-0.1, -0.05) is 36.4 Å². The second-order valence-corrected chi connectivity index (χ2v) is 7.78. The summed E-state index contributed by atoms with van der Waals surface area (Å²) in [5, 5.41) is 7.43. The third-order valence-corrected chi connectivity index (χ3v) is 5.58. The molecule has 0 bridgehead atoms. The highest BCUT2D eigenvalue weighted by Gasteiger charge is 2.19. The van der Waals surface area contributed by atoms with Crippen LogP contribution < -0.4 is 10.6 Å². The minimum absolute atomic E-state index is 0.320. The summed E-state index contributed by atoms with van der Waals surface area (Å²) < 4.78 is 5.21. The molecule has 0 aliphatic heterocycles. The Labute approximate surface area is 174 Å². The Hall–Kier alpha value is -2.70. The molecular formula is C22H22N2O2S2. The lowest BCUT2D eigenvalue weighted by Crippen LogP contribution is -2.20. The van der Waals surface area contributed by atoms with Gasteiger partial charge in [0, 0.05) is 10.6 Å². The summed E-state index contributed by atoms with van der Waals surface area (Å²) in [7, 11) is 0. The number of esters is 1. The number of thiophene rings is 1. The van der Waals surface area contributed by atoms with E-state index in [1.54, 1.807) is 6.92 Å². The second kappa shape index (κ2) is 8.99. The van der Waals surface area contributed by atoms with Gasteiger partial charge in [-0.25, -0.2) is 4.79 Å². The van der Waals surface area contributed by atoms with Crippen LogP contribution >= 0.6 is 23.6 Å². The van der Waals surface area contributed by atoms with E-state index in [2.05, 4.69) is 24.5 Å². The first kappa shape index (κ1) is 20.0. The molecule has 0 fully saturated rings.